The van der Waals surface area contributed by atoms with Gasteiger partial charge in [-0.2, -0.15) is 0 Å². The van der Waals surface area contributed by atoms with Crippen molar-refractivity contribution in [1.29, 1.82) is 0 Å². The molecule has 2 nitrogen and oxygen atoms in total. The quantitative estimate of drug-likeness (QED) is 0.835. The van der Waals surface area contributed by atoms with Crippen LogP contribution in [0.25, 0.3) is 11.3 Å². The Morgan fingerprint density at radius 2 is 1.94 bits per heavy atom. The van der Waals surface area contributed by atoms with Crippen LogP contribution in [0.4, 0.5) is 0 Å². The van der Waals surface area contributed by atoms with Gasteiger partial charge < -0.3 is 4.98 Å². The van der Waals surface area contributed by atoms with Crippen LogP contribution in [0.5, 0.6) is 0 Å². The third-order valence-electron chi connectivity index (χ3n) is 2.55. The van der Waals surface area contributed by atoms with Crippen LogP contribution in [0.15, 0.2) is 47.3 Å². The van der Waals surface area contributed by atoms with E-state index < -0.39 is 0 Å². The monoisotopic (exact) mass is 213 g/mol. The molecule has 0 aliphatic rings. The Bertz CT molecular complexity index is 528. The van der Waals surface area contributed by atoms with Crippen molar-refractivity contribution in [2.45, 2.75) is 19.8 Å². The van der Waals surface area contributed by atoms with Gasteiger partial charge in [-0.05, 0) is 29.7 Å². The summed E-state index contributed by atoms with van der Waals surface area (Å²) in [7, 11) is 0. The number of aryl methyl sites for hydroxylation is 1. The van der Waals surface area contributed by atoms with Crippen molar-refractivity contribution in [2.24, 2.45) is 0 Å². The number of benzene rings is 1. The summed E-state index contributed by atoms with van der Waals surface area (Å²) in [6.07, 6.45) is 2.21. The summed E-state index contributed by atoms with van der Waals surface area (Å²) in [4.78, 5) is 14.1. The molecule has 0 bridgehead atoms. The van der Waals surface area contributed by atoms with Crippen LogP contribution in [0, 0.1) is 0 Å². The average Bonchev–Trinajstić information content (AvgIpc) is 2.30. The van der Waals surface area contributed by atoms with Gasteiger partial charge in [-0.1, -0.05) is 37.6 Å². The van der Waals surface area contributed by atoms with E-state index in [-0.39, 0.29) is 5.56 Å². The maximum Gasteiger partial charge on any atom is 0.248 e. The summed E-state index contributed by atoms with van der Waals surface area (Å²) < 4.78 is 0. The van der Waals surface area contributed by atoms with Gasteiger partial charge in [0.1, 0.15) is 0 Å². The van der Waals surface area contributed by atoms with Gasteiger partial charge in [-0.3, -0.25) is 4.79 Å². The lowest BCUT2D eigenvalue weighted by Crippen LogP contribution is -2.03. The normalized spacial score (nSPS) is 10.3. The minimum absolute atomic E-state index is 0.0570. The molecule has 0 spiro atoms. The molecular formula is C14H15NO. The second-order valence-corrected chi connectivity index (χ2v) is 3.88. The average molecular weight is 213 g/mol. The molecule has 16 heavy (non-hydrogen) atoms. The molecule has 1 heterocycles. The van der Waals surface area contributed by atoms with E-state index >= 15 is 0 Å². The van der Waals surface area contributed by atoms with E-state index in [1.54, 1.807) is 6.07 Å². The van der Waals surface area contributed by atoms with Crippen LogP contribution in [0.2, 0.25) is 0 Å². The third-order valence-corrected chi connectivity index (χ3v) is 2.55. The number of rotatable bonds is 3. The summed E-state index contributed by atoms with van der Waals surface area (Å²) in [5.74, 6) is 0. The standard InChI is InChI=1S/C14H15NO/c1-2-5-11-6-3-7-12(10-11)13-8-4-9-14(16)15-13/h3-4,6-10H,2,5H2,1H3,(H,15,16). The molecule has 0 aliphatic carbocycles. The maximum atomic E-state index is 11.2. The van der Waals surface area contributed by atoms with Gasteiger partial charge in [-0.15, -0.1) is 0 Å². The molecule has 0 radical (unpaired) electrons. The molecule has 0 aliphatic heterocycles. The van der Waals surface area contributed by atoms with Gasteiger partial charge in [-0.25, -0.2) is 0 Å². The summed E-state index contributed by atoms with van der Waals surface area (Å²) in [6, 6.07) is 13.5. The topological polar surface area (TPSA) is 32.9 Å². The lowest BCUT2D eigenvalue weighted by molar-refractivity contribution is 0.922. The van der Waals surface area contributed by atoms with Crippen molar-refractivity contribution < 1.29 is 0 Å². The van der Waals surface area contributed by atoms with E-state index in [9.17, 15) is 4.79 Å². The largest absolute Gasteiger partial charge is 0.322 e. The van der Waals surface area contributed by atoms with Crippen molar-refractivity contribution in [1.82, 2.24) is 4.98 Å². The van der Waals surface area contributed by atoms with E-state index in [1.165, 1.54) is 11.6 Å². The number of aromatic amines is 1. The minimum Gasteiger partial charge on any atom is -0.322 e. The predicted molar refractivity (Wildman–Crippen MR) is 66.5 cm³/mol. The second-order valence-electron chi connectivity index (χ2n) is 3.88. The molecular weight excluding hydrogens is 198 g/mol. The number of pyridine rings is 1. The van der Waals surface area contributed by atoms with E-state index in [4.69, 9.17) is 0 Å². The van der Waals surface area contributed by atoms with E-state index in [2.05, 4.69) is 24.0 Å². The smallest absolute Gasteiger partial charge is 0.248 e. The summed E-state index contributed by atoms with van der Waals surface area (Å²) in [6.45, 7) is 2.16. The van der Waals surface area contributed by atoms with Gasteiger partial charge in [0.25, 0.3) is 0 Å². The van der Waals surface area contributed by atoms with Crippen molar-refractivity contribution >= 4 is 0 Å². The fourth-order valence-electron chi connectivity index (χ4n) is 1.80. The first-order chi connectivity index (χ1) is 7.79. The molecule has 0 fully saturated rings. The zero-order chi connectivity index (χ0) is 11.4. The van der Waals surface area contributed by atoms with E-state index in [0.717, 1.165) is 24.1 Å². The minimum atomic E-state index is -0.0570. The Balaban J connectivity index is 2.40. The molecule has 82 valence electrons. The molecule has 1 aromatic carbocycles. The Labute approximate surface area is 95.0 Å². The Kier molecular flexibility index (Phi) is 3.20. The first-order valence-electron chi connectivity index (χ1n) is 5.58. The lowest BCUT2D eigenvalue weighted by Gasteiger charge is -2.04. The molecule has 0 unspecified atom stereocenters. The second kappa shape index (κ2) is 4.79. The number of hydrogen-bond acceptors (Lipinski definition) is 1. The fourth-order valence-corrected chi connectivity index (χ4v) is 1.80. The summed E-state index contributed by atoms with van der Waals surface area (Å²) in [5, 5.41) is 0. The van der Waals surface area contributed by atoms with Crippen molar-refractivity contribution in [3.05, 3.63) is 58.4 Å². The molecule has 2 heteroatoms. The molecule has 0 amide bonds. The number of hydrogen-bond donors (Lipinski definition) is 1. The van der Waals surface area contributed by atoms with E-state index in [0.29, 0.717) is 0 Å². The highest BCUT2D eigenvalue weighted by molar-refractivity contribution is 5.59. The highest BCUT2D eigenvalue weighted by Crippen LogP contribution is 2.17. The molecule has 0 atom stereocenters. The third kappa shape index (κ3) is 2.40. The number of H-pyrrole nitrogens is 1. The molecule has 2 rings (SSSR count). The molecule has 2 aromatic rings. The van der Waals surface area contributed by atoms with Gasteiger partial charge >= 0.3 is 0 Å². The molecule has 1 N–H and O–H groups in total. The zero-order valence-corrected chi connectivity index (χ0v) is 9.36. The molecule has 1 aromatic heterocycles. The van der Waals surface area contributed by atoms with Crippen LogP contribution < -0.4 is 5.56 Å². The fraction of sp³-hybridized carbons (Fsp3) is 0.214. The van der Waals surface area contributed by atoms with Crippen molar-refractivity contribution in [3.8, 4) is 11.3 Å². The molecule has 0 saturated heterocycles. The van der Waals surface area contributed by atoms with Crippen LogP contribution in [-0.2, 0) is 6.42 Å². The number of nitrogens with one attached hydrogen (secondary N) is 1. The van der Waals surface area contributed by atoms with Gasteiger partial charge in [0.2, 0.25) is 5.56 Å². The van der Waals surface area contributed by atoms with Crippen molar-refractivity contribution in [3.63, 3.8) is 0 Å². The highest BCUT2D eigenvalue weighted by Gasteiger charge is 1.99. The maximum absolute atomic E-state index is 11.2. The van der Waals surface area contributed by atoms with E-state index in [1.807, 2.05) is 18.2 Å². The first-order valence-corrected chi connectivity index (χ1v) is 5.58. The van der Waals surface area contributed by atoms with Crippen LogP contribution in [0.1, 0.15) is 18.9 Å². The van der Waals surface area contributed by atoms with Gasteiger partial charge in [0.15, 0.2) is 0 Å². The Morgan fingerprint density at radius 1 is 1.12 bits per heavy atom. The SMILES string of the molecule is CCCc1cccc(-c2cccc(=O)[nH]2)c1. The van der Waals surface area contributed by atoms with Crippen molar-refractivity contribution in [2.75, 3.05) is 0 Å². The Hall–Kier alpha value is -1.83. The highest BCUT2D eigenvalue weighted by atomic mass is 16.1. The Morgan fingerprint density at radius 3 is 2.69 bits per heavy atom. The first kappa shape index (κ1) is 10.7. The van der Waals surface area contributed by atoms with Gasteiger partial charge in [0, 0.05) is 11.8 Å². The number of aromatic nitrogens is 1. The lowest BCUT2D eigenvalue weighted by atomic mass is 10.0. The van der Waals surface area contributed by atoms with Crippen LogP contribution in [-0.4, -0.2) is 4.98 Å². The van der Waals surface area contributed by atoms with Gasteiger partial charge in [0.05, 0.1) is 0 Å². The summed E-state index contributed by atoms with van der Waals surface area (Å²) in [5.41, 5.74) is 3.21. The zero-order valence-electron chi connectivity index (χ0n) is 9.36. The summed E-state index contributed by atoms with van der Waals surface area (Å²) >= 11 is 0. The predicted octanol–water partition coefficient (Wildman–Crippen LogP) is 2.99. The molecule has 0 saturated carbocycles. The van der Waals surface area contributed by atoms with Crippen LogP contribution in [0.3, 0.4) is 0 Å². The van der Waals surface area contributed by atoms with Crippen LogP contribution >= 0.6 is 0 Å².